The number of hydrogen-bond acceptors (Lipinski definition) is 3. The zero-order chi connectivity index (χ0) is 20.4. The molecular formula is C23H35N4OS+. The molecule has 1 N–H and O–H groups in total. The molecule has 2 aliphatic rings. The van der Waals surface area contributed by atoms with Crippen LogP contribution < -0.4 is 9.80 Å². The molecule has 0 radical (unpaired) electrons. The summed E-state index contributed by atoms with van der Waals surface area (Å²) in [5.74, 6) is 0. The van der Waals surface area contributed by atoms with Gasteiger partial charge in [-0.2, -0.15) is 0 Å². The van der Waals surface area contributed by atoms with Crippen LogP contribution in [0.3, 0.4) is 0 Å². The van der Waals surface area contributed by atoms with Crippen molar-refractivity contribution in [3.8, 4) is 0 Å². The molecule has 1 aromatic carbocycles. The highest BCUT2D eigenvalue weighted by atomic mass is 32.1. The van der Waals surface area contributed by atoms with E-state index < -0.39 is 0 Å². The molecule has 1 atom stereocenters. The van der Waals surface area contributed by atoms with Crippen molar-refractivity contribution >= 4 is 17.9 Å². The van der Waals surface area contributed by atoms with E-state index in [9.17, 15) is 0 Å². The zero-order valence-electron chi connectivity index (χ0n) is 18.1. The Hall–Kier alpha value is -1.63. The van der Waals surface area contributed by atoms with Gasteiger partial charge in [0.05, 0.1) is 20.3 Å². The van der Waals surface area contributed by atoms with Gasteiger partial charge in [0.15, 0.2) is 11.4 Å². The van der Waals surface area contributed by atoms with Crippen LogP contribution in [0, 0.1) is 18.6 Å². The quantitative estimate of drug-likeness (QED) is 0.734. The first kappa shape index (κ1) is 20.6. The summed E-state index contributed by atoms with van der Waals surface area (Å²) in [5.41, 5.74) is 5.35. The Morgan fingerprint density at radius 3 is 2.34 bits per heavy atom. The minimum absolute atomic E-state index is 0.607. The van der Waals surface area contributed by atoms with Crippen LogP contribution in [0.15, 0.2) is 24.3 Å². The second kappa shape index (κ2) is 9.02. The molecule has 6 heteroatoms. The van der Waals surface area contributed by atoms with Crippen LogP contribution in [0.5, 0.6) is 0 Å². The number of nitrogens with zero attached hydrogens (tertiary/aromatic N) is 3. The van der Waals surface area contributed by atoms with E-state index in [0.29, 0.717) is 6.04 Å². The molecule has 1 saturated heterocycles. The summed E-state index contributed by atoms with van der Waals surface area (Å²) >= 11 is 5.91. The average molecular weight is 416 g/mol. The van der Waals surface area contributed by atoms with Crippen molar-refractivity contribution in [2.75, 3.05) is 38.3 Å². The van der Waals surface area contributed by atoms with Gasteiger partial charge in [0.2, 0.25) is 0 Å². The van der Waals surface area contributed by atoms with Crippen LogP contribution in [0.1, 0.15) is 48.7 Å². The summed E-state index contributed by atoms with van der Waals surface area (Å²) in [6, 6.07) is 9.66. The Bertz CT molecular complexity index is 874. The smallest absolute Gasteiger partial charge is 0.184 e. The minimum atomic E-state index is 0.607. The largest absolute Gasteiger partial charge is 0.378 e. The van der Waals surface area contributed by atoms with Crippen molar-refractivity contribution < 1.29 is 9.64 Å². The van der Waals surface area contributed by atoms with Crippen molar-refractivity contribution in [3.05, 3.63) is 46.0 Å². The Kier molecular flexibility index (Phi) is 6.42. The van der Waals surface area contributed by atoms with E-state index in [4.69, 9.17) is 17.0 Å². The molecule has 2 aromatic rings. The minimum Gasteiger partial charge on any atom is -0.378 e. The standard InChI is InChI=1S/C23H34N4OS/c1-18-19(2)27(22-6-4-5-7-22)23(29)26(18)17-24(3)16-20-8-10-21(11-9-20)25-12-14-28-15-13-25/h8-11,22H,4-7,12-17H2,1-3H3/p+1. The number of anilines is 1. The number of morpholine rings is 1. The fourth-order valence-electron chi connectivity index (χ4n) is 4.89. The molecule has 2 fully saturated rings. The molecular weight excluding hydrogens is 380 g/mol. The van der Waals surface area contributed by atoms with Gasteiger partial charge in [0.25, 0.3) is 0 Å². The fourth-order valence-corrected chi connectivity index (χ4v) is 5.37. The van der Waals surface area contributed by atoms with Crippen LogP contribution in [0.4, 0.5) is 5.69 Å². The van der Waals surface area contributed by atoms with Gasteiger partial charge < -0.3 is 19.1 Å². The van der Waals surface area contributed by atoms with E-state index in [0.717, 1.165) is 44.3 Å². The van der Waals surface area contributed by atoms with Crippen molar-refractivity contribution in [2.45, 2.75) is 58.8 Å². The molecule has 1 aliphatic carbocycles. The highest BCUT2D eigenvalue weighted by Crippen LogP contribution is 2.32. The van der Waals surface area contributed by atoms with Crippen molar-refractivity contribution in [1.29, 1.82) is 0 Å². The normalized spacial score (nSPS) is 19.1. The lowest BCUT2D eigenvalue weighted by atomic mass is 10.2. The Balaban J connectivity index is 1.42. The molecule has 1 aliphatic heterocycles. The maximum Gasteiger partial charge on any atom is 0.184 e. The van der Waals surface area contributed by atoms with E-state index >= 15 is 0 Å². The summed E-state index contributed by atoms with van der Waals surface area (Å²) in [4.78, 5) is 3.85. The molecule has 0 spiro atoms. The highest BCUT2D eigenvalue weighted by Gasteiger charge is 2.23. The zero-order valence-corrected chi connectivity index (χ0v) is 18.9. The third-order valence-electron chi connectivity index (χ3n) is 6.66. The molecule has 2 heterocycles. The lowest BCUT2D eigenvalue weighted by Gasteiger charge is -2.29. The summed E-state index contributed by atoms with van der Waals surface area (Å²) < 4.78 is 11.2. The van der Waals surface area contributed by atoms with E-state index in [1.165, 1.54) is 53.2 Å². The Morgan fingerprint density at radius 2 is 1.69 bits per heavy atom. The van der Waals surface area contributed by atoms with Gasteiger partial charge in [-0.25, -0.2) is 0 Å². The number of hydrogen-bond donors (Lipinski definition) is 1. The van der Waals surface area contributed by atoms with E-state index in [-0.39, 0.29) is 0 Å². The van der Waals surface area contributed by atoms with Gasteiger partial charge >= 0.3 is 0 Å². The van der Waals surface area contributed by atoms with Crippen molar-refractivity contribution in [2.24, 2.45) is 0 Å². The van der Waals surface area contributed by atoms with Crippen LogP contribution in [-0.4, -0.2) is 42.5 Å². The third kappa shape index (κ3) is 4.44. The van der Waals surface area contributed by atoms with E-state index in [1.807, 2.05) is 0 Å². The number of nitrogens with one attached hydrogen (secondary N) is 1. The number of benzene rings is 1. The van der Waals surface area contributed by atoms with Gasteiger partial charge in [0.1, 0.15) is 6.54 Å². The summed E-state index contributed by atoms with van der Waals surface area (Å²) in [7, 11) is 2.26. The van der Waals surface area contributed by atoms with Gasteiger partial charge in [-0.3, -0.25) is 4.57 Å². The highest BCUT2D eigenvalue weighted by molar-refractivity contribution is 7.71. The summed E-state index contributed by atoms with van der Waals surface area (Å²) in [6.07, 6.45) is 5.22. The predicted octanol–water partition coefficient (Wildman–Crippen LogP) is 3.26. The van der Waals surface area contributed by atoms with Crippen LogP contribution >= 0.6 is 12.2 Å². The summed E-state index contributed by atoms with van der Waals surface area (Å²) in [5, 5.41) is 0. The van der Waals surface area contributed by atoms with Gasteiger partial charge in [-0.15, -0.1) is 0 Å². The monoisotopic (exact) mass is 415 g/mol. The Labute approximate surface area is 179 Å². The van der Waals surface area contributed by atoms with E-state index in [2.05, 4.69) is 59.2 Å². The second-order valence-corrected chi connectivity index (χ2v) is 9.11. The lowest BCUT2D eigenvalue weighted by molar-refractivity contribution is -0.917. The first-order chi connectivity index (χ1) is 14.0. The average Bonchev–Trinajstić information content (AvgIpc) is 3.33. The number of imidazole rings is 1. The number of rotatable bonds is 6. The maximum atomic E-state index is 5.91. The molecule has 29 heavy (non-hydrogen) atoms. The molecule has 5 nitrogen and oxygen atoms in total. The SMILES string of the molecule is Cc1c(C)n(C2CCCC2)c(=S)n1C[NH+](C)Cc1ccc(N2CCOCC2)cc1. The predicted molar refractivity (Wildman–Crippen MR) is 120 cm³/mol. The molecule has 158 valence electrons. The maximum absolute atomic E-state index is 5.91. The van der Waals surface area contributed by atoms with Crippen LogP contribution in [0.2, 0.25) is 0 Å². The topological polar surface area (TPSA) is 26.8 Å². The molecule has 4 rings (SSSR count). The van der Waals surface area contributed by atoms with Crippen LogP contribution in [0.25, 0.3) is 0 Å². The molecule has 1 aromatic heterocycles. The Morgan fingerprint density at radius 1 is 1.03 bits per heavy atom. The van der Waals surface area contributed by atoms with Gasteiger partial charge in [-0.05, 0) is 51.0 Å². The fraction of sp³-hybridized carbons (Fsp3) is 0.609. The lowest BCUT2D eigenvalue weighted by Crippen LogP contribution is -3.06. The molecule has 0 amide bonds. The van der Waals surface area contributed by atoms with E-state index in [1.54, 1.807) is 0 Å². The third-order valence-corrected chi connectivity index (χ3v) is 7.08. The van der Waals surface area contributed by atoms with Gasteiger partial charge in [-0.1, -0.05) is 25.0 Å². The molecule has 1 unspecified atom stereocenters. The van der Waals surface area contributed by atoms with Crippen LogP contribution in [-0.2, 0) is 18.0 Å². The number of aromatic nitrogens is 2. The van der Waals surface area contributed by atoms with Crippen molar-refractivity contribution in [3.63, 3.8) is 0 Å². The number of quaternary nitrogens is 1. The van der Waals surface area contributed by atoms with Crippen molar-refractivity contribution in [1.82, 2.24) is 9.13 Å². The first-order valence-corrected chi connectivity index (χ1v) is 11.5. The molecule has 0 bridgehead atoms. The first-order valence-electron chi connectivity index (χ1n) is 11.1. The van der Waals surface area contributed by atoms with Gasteiger partial charge in [0, 0.05) is 41.8 Å². The second-order valence-electron chi connectivity index (χ2n) is 8.75. The number of ether oxygens (including phenoxy) is 1. The molecule has 1 saturated carbocycles. The summed E-state index contributed by atoms with van der Waals surface area (Å²) in [6.45, 7) is 10.00.